The van der Waals surface area contributed by atoms with Crippen molar-refractivity contribution in [1.82, 2.24) is 14.5 Å². The van der Waals surface area contributed by atoms with Gasteiger partial charge in [-0.05, 0) is 40.2 Å². The van der Waals surface area contributed by atoms with Crippen molar-refractivity contribution in [1.29, 1.82) is 0 Å². The standard InChI is InChI=1S/C16H9ClF3IN3O2P.C2H6/c17-14-10(8-23-24(27-21)15(14)25)9-5-6-13(22-7-9)26-12-4-2-1-3-11(12)16(18,19)20;1-2/h1-8,27H;1-2H3. The predicted molar refractivity (Wildman–Crippen MR) is 117 cm³/mol. The molecular formula is C18H15ClF3IN3O2P. The van der Waals surface area contributed by atoms with Crippen LogP contribution in [0.2, 0.25) is 5.02 Å². The van der Waals surface area contributed by atoms with Crippen molar-refractivity contribution in [3.63, 3.8) is 0 Å². The Balaban J connectivity index is 0.00000145. The SMILES string of the molecule is CC.O=c1c(Cl)c(-c2ccc(Oc3ccccc3C(F)(F)F)nc2)cnn1PI. The number of aromatic nitrogens is 3. The highest BCUT2D eigenvalue weighted by Gasteiger charge is 2.34. The quantitative estimate of drug-likeness (QED) is 0.269. The van der Waals surface area contributed by atoms with E-state index < -0.39 is 17.3 Å². The van der Waals surface area contributed by atoms with Gasteiger partial charge in [-0.3, -0.25) is 4.79 Å². The Hall–Kier alpha value is -1.71. The molecular weight excluding hydrogens is 541 g/mol. The average molecular weight is 556 g/mol. The molecule has 1 atom stereocenters. The van der Waals surface area contributed by atoms with Gasteiger partial charge in [-0.1, -0.05) is 37.6 Å². The number of alkyl halides is 3. The van der Waals surface area contributed by atoms with Gasteiger partial charge in [0.05, 0.1) is 18.1 Å². The molecule has 5 nitrogen and oxygen atoms in total. The number of halogens is 5. The molecule has 0 fully saturated rings. The van der Waals surface area contributed by atoms with Gasteiger partial charge in [0.2, 0.25) is 5.88 Å². The van der Waals surface area contributed by atoms with E-state index in [1.807, 2.05) is 35.9 Å². The maximum Gasteiger partial charge on any atom is 0.419 e. The number of para-hydroxylation sites is 1. The summed E-state index contributed by atoms with van der Waals surface area (Å²) in [5, 5.41) is 4.00. The van der Waals surface area contributed by atoms with E-state index in [4.69, 9.17) is 16.3 Å². The minimum atomic E-state index is -4.54. The molecule has 0 aliphatic rings. The molecule has 0 radical (unpaired) electrons. The van der Waals surface area contributed by atoms with Crippen molar-refractivity contribution in [3.8, 4) is 22.8 Å². The smallest absolute Gasteiger partial charge is 0.419 e. The van der Waals surface area contributed by atoms with Crippen LogP contribution in [0.25, 0.3) is 11.1 Å². The first-order chi connectivity index (χ1) is 13.8. The Labute approximate surface area is 184 Å². The largest absolute Gasteiger partial charge is 0.438 e. The van der Waals surface area contributed by atoms with Gasteiger partial charge in [-0.15, -0.1) is 0 Å². The zero-order valence-electron chi connectivity index (χ0n) is 15.2. The normalized spacial score (nSPS) is 11.3. The third-order valence-corrected chi connectivity index (χ3v) is 5.67. The van der Waals surface area contributed by atoms with Gasteiger partial charge >= 0.3 is 6.18 Å². The van der Waals surface area contributed by atoms with Crippen LogP contribution in [0.15, 0.2) is 53.6 Å². The average Bonchev–Trinajstić information content (AvgIpc) is 2.72. The summed E-state index contributed by atoms with van der Waals surface area (Å²) in [5.41, 5.74) is -0.458. The summed E-state index contributed by atoms with van der Waals surface area (Å²) in [5.74, 6) is -0.378. The molecule has 0 amide bonds. The lowest BCUT2D eigenvalue weighted by Gasteiger charge is -2.13. The molecule has 11 heteroatoms. The molecule has 154 valence electrons. The van der Waals surface area contributed by atoms with E-state index in [0.29, 0.717) is 11.1 Å². The van der Waals surface area contributed by atoms with Crippen molar-refractivity contribution < 1.29 is 17.9 Å². The topological polar surface area (TPSA) is 57.0 Å². The summed E-state index contributed by atoms with van der Waals surface area (Å²) in [4.78, 5) is 16.1. The van der Waals surface area contributed by atoms with Crippen LogP contribution in [0.5, 0.6) is 11.6 Å². The summed E-state index contributed by atoms with van der Waals surface area (Å²) in [7, 11) is 0. The fourth-order valence-corrected chi connectivity index (χ4v) is 3.83. The van der Waals surface area contributed by atoms with Gasteiger partial charge in [0.25, 0.3) is 5.56 Å². The Morgan fingerprint density at radius 3 is 2.41 bits per heavy atom. The van der Waals surface area contributed by atoms with Crippen LogP contribution in [-0.4, -0.2) is 14.5 Å². The lowest BCUT2D eigenvalue weighted by molar-refractivity contribution is -0.138. The van der Waals surface area contributed by atoms with Gasteiger partial charge in [0.15, 0.2) is 0 Å². The zero-order chi connectivity index (χ0) is 21.6. The lowest BCUT2D eigenvalue weighted by atomic mass is 10.1. The van der Waals surface area contributed by atoms with E-state index in [-0.39, 0.29) is 23.0 Å². The summed E-state index contributed by atoms with van der Waals surface area (Å²) in [6, 6.07) is 7.79. The maximum atomic E-state index is 13.0. The van der Waals surface area contributed by atoms with Crippen LogP contribution in [0, 0.1) is 0 Å². The van der Waals surface area contributed by atoms with Crippen LogP contribution in [0.4, 0.5) is 13.2 Å². The lowest BCUT2D eigenvalue weighted by Crippen LogP contribution is -2.16. The summed E-state index contributed by atoms with van der Waals surface area (Å²) in [6.07, 6.45) is -1.65. The van der Waals surface area contributed by atoms with E-state index in [0.717, 1.165) is 6.07 Å². The van der Waals surface area contributed by atoms with Crippen LogP contribution in [0.1, 0.15) is 19.4 Å². The second-order valence-electron chi connectivity index (χ2n) is 5.15. The molecule has 29 heavy (non-hydrogen) atoms. The Morgan fingerprint density at radius 1 is 1.14 bits per heavy atom. The molecule has 1 aromatic carbocycles. The van der Waals surface area contributed by atoms with Crippen molar-refractivity contribution in [2.45, 2.75) is 20.0 Å². The monoisotopic (exact) mass is 555 g/mol. The molecule has 3 rings (SSSR count). The number of hydrogen-bond acceptors (Lipinski definition) is 4. The number of nitrogens with zero attached hydrogens (tertiary/aromatic N) is 3. The molecule has 2 heterocycles. The maximum absolute atomic E-state index is 13.0. The van der Waals surface area contributed by atoms with Gasteiger partial charge in [-0.25, -0.2) is 9.44 Å². The summed E-state index contributed by atoms with van der Waals surface area (Å²) in [6.45, 7) is 4.00. The van der Waals surface area contributed by atoms with Crippen molar-refractivity contribution in [3.05, 3.63) is 69.7 Å². The number of pyridine rings is 1. The van der Waals surface area contributed by atoms with Crippen molar-refractivity contribution >= 4 is 40.0 Å². The molecule has 0 aliphatic carbocycles. The highest BCUT2D eigenvalue weighted by molar-refractivity contribution is 14.2. The fraction of sp³-hybridized carbons (Fsp3) is 0.167. The Bertz CT molecular complexity index is 1030. The zero-order valence-corrected chi connectivity index (χ0v) is 19.1. The van der Waals surface area contributed by atoms with Gasteiger partial charge in [0.1, 0.15) is 10.8 Å². The first kappa shape index (κ1) is 23.6. The third-order valence-electron chi connectivity index (χ3n) is 3.45. The van der Waals surface area contributed by atoms with Crippen molar-refractivity contribution in [2.75, 3.05) is 0 Å². The third kappa shape index (κ3) is 5.67. The van der Waals surface area contributed by atoms with Gasteiger partial charge < -0.3 is 4.74 Å². The molecule has 3 aromatic rings. The predicted octanol–water partition coefficient (Wildman–Crippen LogP) is 6.59. The first-order valence-corrected chi connectivity index (χ1v) is 12.7. The summed E-state index contributed by atoms with van der Waals surface area (Å²) < 4.78 is 45.6. The fourth-order valence-electron chi connectivity index (χ4n) is 2.20. The summed E-state index contributed by atoms with van der Waals surface area (Å²) >= 11 is 8.10. The number of ether oxygens (including phenoxy) is 1. The van der Waals surface area contributed by atoms with Crippen LogP contribution in [0.3, 0.4) is 0 Å². The number of hydrogen-bond donors (Lipinski definition) is 0. The minimum absolute atomic E-state index is 0.00736. The second kappa shape index (κ2) is 10.4. The molecule has 2 aromatic heterocycles. The van der Waals surface area contributed by atoms with E-state index in [2.05, 4.69) is 10.1 Å². The van der Waals surface area contributed by atoms with Crippen LogP contribution < -0.4 is 10.3 Å². The molecule has 0 aliphatic heterocycles. The van der Waals surface area contributed by atoms with Crippen LogP contribution >= 0.6 is 40.0 Å². The molecule has 0 spiro atoms. The van der Waals surface area contributed by atoms with E-state index in [9.17, 15) is 18.0 Å². The number of benzene rings is 1. The minimum Gasteiger partial charge on any atom is -0.438 e. The van der Waals surface area contributed by atoms with E-state index >= 15 is 0 Å². The first-order valence-electron chi connectivity index (χ1n) is 8.26. The molecule has 0 N–H and O–H groups in total. The molecule has 1 unspecified atom stereocenters. The van der Waals surface area contributed by atoms with Gasteiger partial charge in [-0.2, -0.15) is 18.3 Å². The molecule has 0 saturated carbocycles. The molecule has 0 bridgehead atoms. The van der Waals surface area contributed by atoms with Crippen LogP contribution in [-0.2, 0) is 6.18 Å². The second-order valence-corrected chi connectivity index (χ2v) is 7.57. The highest BCUT2D eigenvalue weighted by atomic mass is 127. The van der Waals surface area contributed by atoms with Crippen molar-refractivity contribution in [2.24, 2.45) is 0 Å². The van der Waals surface area contributed by atoms with E-state index in [1.165, 1.54) is 47.2 Å². The highest BCUT2D eigenvalue weighted by Crippen LogP contribution is 2.37. The Morgan fingerprint density at radius 2 is 1.83 bits per heavy atom. The van der Waals surface area contributed by atoms with Gasteiger partial charge in [0, 0.05) is 23.4 Å². The number of rotatable bonds is 4. The van der Waals surface area contributed by atoms with E-state index in [1.54, 1.807) is 0 Å². The Kier molecular flexibility index (Phi) is 8.42. The molecule has 0 saturated heterocycles.